The molecule has 0 unspecified atom stereocenters. The molecular weight excluding hydrogens is 368 g/mol. The van der Waals surface area contributed by atoms with Crippen LogP contribution in [0.1, 0.15) is 45.0 Å². The highest BCUT2D eigenvalue weighted by Gasteiger charge is 2.26. The van der Waals surface area contributed by atoms with Crippen molar-refractivity contribution in [2.24, 2.45) is 0 Å². The third-order valence-corrected chi connectivity index (χ3v) is 5.78. The van der Waals surface area contributed by atoms with Crippen molar-refractivity contribution in [3.05, 3.63) is 65.2 Å². The van der Waals surface area contributed by atoms with E-state index < -0.39 is 5.97 Å². The number of piperidine rings is 1. The number of rotatable bonds is 4. The number of nitrogens with zero attached hydrogens (tertiary/aromatic N) is 2. The van der Waals surface area contributed by atoms with Gasteiger partial charge in [0.15, 0.2) is 0 Å². The summed E-state index contributed by atoms with van der Waals surface area (Å²) in [4.78, 5) is 28.6. The Bertz CT molecular complexity index is 892. The van der Waals surface area contributed by atoms with Crippen LogP contribution in [0.3, 0.4) is 0 Å². The summed E-state index contributed by atoms with van der Waals surface area (Å²) in [5.74, 6) is -0.718. The summed E-state index contributed by atoms with van der Waals surface area (Å²) in [5.41, 5.74) is 3.05. The molecule has 0 aromatic heterocycles. The summed E-state index contributed by atoms with van der Waals surface area (Å²) >= 11 is 0. The molecule has 1 atom stereocenters. The summed E-state index contributed by atoms with van der Waals surface area (Å²) < 4.78 is 5.42. The van der Waals surface area contributed by atoms with Crippen molar-refractivity contribution in [2.45, 2.75) is 18.8 Å². The Hall–Kier alpha value is -2.86. The molecule has 2 saturated heterocycles. The molecule has 2 fully saturated rings. The highest BCUT2D eigenvalue weighted by Crippen LogP contribution is 2.29. The monoisotopic (exact) mass is 394 g/mol. The number of carboxylic acids is 1. The maximum atomic E-state index is 13.2. The van der Waals surface area contributed by atoms with E-state index in [4.69, 9.17) is 4.74 Å². The molecule has 0 bridgehead atoms. The number of amides is 1. The normalized spacial score (nSPS) is 19.8. The summed E-state index contributed by atoms with van der Waals surface area (Å²) in [5, 5.41) is 9.25. The minimum Gasteiger partial charge on any atom is -0.478 e. The SMILES string of the molecule is O=C(O)c1cccc([C@@H]2CCCN(C(=O)c3cccc(N4CCOCC4)c3)C2)c1. The first kappa shape index (κ1) is 19.5. The van der Waals surface area contributed by atoms with Gasteiger partial charge in [-0.25, -0.2) is 4.79 Å². The van der Waals surface area contributed by atoms with Gasteiger partial charge in [0.05, 0.1) is 18.8 Å². The van der Waals surface area contributed by atoms with Gasteiger partial charge in [0.1, 0.15) is 0 Å². The maximum absolute atomic E-state index is 13.2. The van der Waals surface area contributed by atoms with E-state index in [2.05, 4.69) is 4.90 Å². The highest BCUT2D eigenvalue weighted by molar-refractivity contribution is 5.95. The number of carbonyl (C=O) groups excluding carboxylic acids is 1. The topological polar surface area (TPSA) is 70.1 Å². The Morgan fingerprint density at radius 3 is 2.52 bits per heavy atom. The average molecular weight is 394 g/mol. The number of ether oxygens (including phenoxy) is 1. The zero-order valence-corrected chi connectivity index (χ0v) is 16.4. The number of benzene rings is 2. The van der Waals surface area contributed by atoms with Crippen LogP contribution in [0.2, 0.25) is 0 Å². The Kier molecular flexibility index (Phi) is 5.81. The number of morpholine rings is 1. The van der Waals surface area contributed by atoms with Gasteiger partial charge in [0.2, 0.25) is 0 Å². The molecule has 2 aliphatic rings. The van der Waals surface area contributed by atoms with Crippen molar-refractivity contribution in [2.75, 3.05) is 44.3 Å². The van der Waals surface area contributed by atoms with E-state index in [0.29, 0.717) is 30.9 Å². The largest absolute Gasteiger partial charge is 0.478 e. The van der Waals surface area contributed by atoms with Crippen LogP contribution < -0.4 is 4.90 Å². The fourth-order valence-corrected chi connectivity index (χ4v) is 4.20. The third kappa shape index (κ3) is 4.43. The van der Waals surface area contributed by atoms with Crippen LogP contribution in [0.5, 0.6) is 0 Å². The molecule has 0 spiro atoms. The van der Waals surface area contributed by atoms with Gasteiger partial charge in [-0.3, -0.25) is 4.79 Å². The van der Waals surface area contributed by atoms with Gasteiger partial charge in [0, 0.05) is 43.3 Å². The zero-order valence-electron chi connectivity index (χ0n) is 16.4. The Morgan fingerprint density at radius 1 is 0.966 bits per heavy atom. The third-order valence-electron chi connectivity index (χ3n) is 5.78. The van der Waals surface area contributed by atoms with Gasteiger partial charge >= 0.3 is 5.97 Å². The van der Waals surface area contributed by atoms with Crippen LogP contribution in [0, 0.1) is 0 Å². The minimum atomic E-state index is -0.921. The molecule has 6 nitrogen and oxygen atoms in total. The molecular formula is C23H26N2O4. The molecule has 2 aromatic carbocycles. The van der Waals surface area contributed by atoms with Crippen molar-refractivity contribution < 1.29 is 19.4 Å². The van der Waals surface area contributed by atoms with Crippen LogP contribution in [-0.2, 0) is 4.74 Å². The highest BCUT2D eigenvalue weighted by atomic mass is 16.5. The number of carboxylic acid groups (broad SMARTS) is 1. The molecule has 2 heterocycles. The van der Waals surface area contributed by atoms with Crippen LogP contribution in [0.4, 0.5) is 5.69 Å². The van der Waals surface area contributed by atoms with E-state index in [1.54, 1.807) is 18.2 Å². The molecule has 1 amide bonds. The van der Waals surface area contributed by atoms with Crippen LogP contribution in [0.15, 0.2) is 48.5 Å². The smallest absolute Gasteiger partial charge is 0.335 e. The van der Waals surface area contributed by atoms with Crippen molar-refractivity contribution >= 4 is 17.6 Å². The second-order valence-corrected chi connectivity index (χ2v) is 7.67. The lowest BCUT2D eigenvalue weighted by atomic mass is 9.89. The van der Waals surface area contributed by atoms with E-state index in [1.807, 2.05) is 35.2 Å². The average Bonchev–Trinajstić information content (AvgIpc) is 2.79. The predicted octanol–water partition coefficient (Wildman–Crippen LogP) is 3.24. The van der Waals surface area contributed by atoms with Crippen molar-refractivity contribution in [3.8, 4) is 0 Å². The van der Waals surface area contributed by atoms with Gasteiger partial charge in [-0.2, -0.15) is 0 Å². The first-order valence-corrected chi connectivity index (χ1v) is 10.2. The van der Waals surface area contributed by atoms with E-state index in [-0.39, 0.29) is 11.8 Å². The standard InChI is InChI=1S/C23H26N2O4/c26-22(18-5-2-8-21(15-18)24-10-12-29-13-11-24)25-9-3-7-20(16-25)17-4-1-6-19(14-17)23(27)28/h1-2,4-6,8,14-15,20H,3,7,9-13,16H2,(H,27,28)/t20-/m1/s1. The number of likely N-dealkylation sites (tertiary alicyclic amines) is 1. The Labute approximate surface area is 170 Å². The molecule has 152 valence electrons. The lowest BCUT2D eigenvalue weighted by molar-refractivity contribution is 0.0688. The molecule has 2 aliphatic heterocycles. The summed E-state index contributed by atoms with van der Waals surface area (Å²) in [6.07, 6.45) is 1.87. The second kappa shape index (κ2) is 8.66. The Morgan fingerprint density at radius 2 is 1.72 bits per heavy atom. The van der Waals surface area contributed by atoms with Crippen molar-refractivity contribution in [1.82, 2.24) is 4.90 Å². The number of carbonyl (C=O) groups is 2. The van der Waals surface area contributed by atoms with Crippen LogP contribution in [-0.4, -0.2) is 61.3 Å². The fraction of sp³-hybridized carbons (Fsp3) is 0.391. The molecule has 4 rings (SSSR count). The van der Waals surface area contributed by atoms with Crippen molar-refractivity contribution in [3.63, 3.8) is 0 Å². The molecule has 29 heavy (non-hydrogen) atoms. The van der Waals surface area contributed by atoms with E-state index in [9.17, 15) is 14.7 Å². The molecule has 1 N–H and O–H groups in total. The lowest BCUT2D eigenvalue weighted by Crippen LogP contribution is -2.39. The molecule has 2 aromatic rings. The van der Waals surface area contributed by atoms with Crippen LogP contribution >= 0.6 is 0 Å². The van der Waals surface area contributed by atoms with Gasteiger partial charge < -0.3 is 19.6 Å². The minimum absolute atomic E-state index is 0.0409. The maximum Gasteiger partial charge on any atom is 0.335 e. The van der Waals surface area contributed by atoms with Gasteiger partial charge in [0.25, 0.3) is 5.91 Å². The first-order valence-electron chi connectivity index (χ1n) is 10.2. The number of hydrogen-bond donors (Lipinski definition) is 1. The van der Waals surface area contributed by atoms with E-state index in [0.717, 1.165) is 43.7 Å². The Balaban J connectivity index is 1.49. The first-order chi connectivity index (χ1) is 14.1. The molecule has 6 heteroatoms. The zero-order chi connectivity index (χ0) is 20.2. The molecule has 0 saturated carbocycles. The van der Waals surface area contributed by atoms with Crippen molar-refractivity contribution in [1.29, 1.82) is 0 Å². The lowest BCUT2D eigenvalue weighted by Gasteiger charge is -2.34. The molecule has 0 aliphatic carbocycles. The number of anilines is 1. The van der Waals surface area contributed by atoms with Gasteiger partial charge in [-0.05, 0) is 48.7 Å². The quantitative estimate of drug-likeness (QED) is 0.862. The van der Waals surface area contributed by atoms with Gasteiger partial charge in [-0.1, -0.05) is 18.2 Å². The van der Waals surface area contributed by atoms with E-state index >= 15 is 0 Å². The van der Waals surface area contributed by atoms with Gasteiger partial charge in [-0.15, -0.1) is 0 Å². The summed E-state index contributed by atoms with van der Waals surface area (Å²) in [6.45, 7) is 4.44. The van der Waals surface area contributed by atoms with Crippen LogP contribution in [0.25, 0.3) is 0 Å². The number of aromatic carboxylic acids is 1. The second-order valence-electron chi connectivity index (χ2n) is 7.67. The number of hydrogen-bond acceptors (Lipinski definition) is 4. The predicted molar refractivity (Wildman–Crippen MR) is 111 cm³/mol. The fourth-order valence-electron chi connectivity index (χ4n) is 4.20. The summed E-state index contributed by atoms with van der Waals surface area (Å²) in [7, 11) is 0. The molecule has 0 radical (unpaired) electrons. The van der Waals surface area contributed by atoms with E-state index in [1.165, 1.54) is 0 Å². The summed E-state index contributed by atoms with van der Waals surface area (Å²) in [6, 6.07) is 14.9.